The molecule has 1 saturated heterocycles. The smallest absolute Gasteiger partial charge is 0.372 e. The summed E-state index contributed by atoms with van der Waals surface area (Å²) in [5.41, 5.74) is -0.652. The number of sulfonamides is 1. The molecule has 7 nitrogen and oxygen atoms in total. The lowest BCUT2D eigenvalue weighted by Gasteiger charge is -2.37. The fourth-order valence-corrected chi connectivity index (χ4v) is 5.56. The van der Waals surface area contributed by atoms with Gasteiger partial charge in [-0.25, -0.2) is 8.42 Å². The van der Waals surface area contributed by atoms with Gasteiger partial charge in [-0.15, -0.1) is 0 Å². The number of nitrogens with one attached hydrogen (secondary N) is 1. The molecular formula is C23H24ClF3N4O3S. The van der Waals surface area contributed by atoms with Crippen LogP contribution in [0.4, 0.5) is 18.9 Å². The van der Waals surface area contributed by atoms with E-state index in [1.165, 1.54) is 27.4 Å². The summed E-state index contributed by atoms with van der Waals surface area (Å²) in [6, 6.07) is 9.89. The maximum atomic E-state index is 13.2. The average Bonchev–Trinajstić information content (AvgIpc) is 2.82. The van der Waals surface area contributed by atoms with Gasteiger partial charge in [0, 0.05) is 26.2 Å². The fourth-order valence-electron chi connectivity index (χ4n) is 3.76. The highest BCUT2D eigenvalue weighted by Gasteiger charge is 2.35. The monoisotopic (exact) mass is 528 g/mol. The molecule has 0 spiro atoms. The van der Waals surface area contributed by atoms with Gasteiger partial charge in [-0.3, -0.25) is 4.79 Å². The Kier molecular flexibility index (Phi) is 7.99. The second-order valence-corrected chi connectivity index (χ2v) is 10.7. The second kappa shape index (κ2) is 10.4. The van der Waals surface area contributed by atoms with Crippen LogP contribution in [0.5, 0.6) is 0 Å². The number of benzene rings is 2. The zero-order valence-electron chi connectivity index (χ0n) is 19.0. The fraction of sp³-hybridized carbons (Fsp3) is 0.391. The predicted molar refractivity (Wildman–Crippen MR) is 125 cm³/mol. The lowest BCUT2D eigenvalue weighted by atomic mass is 10.0. The van der Waals surface area contributed by atoms with Crippen LogP contribution < -0.4 is 5.32 Å². The van der Waals surface area contributed by atoms with Crippen molar-refractivity contribution in [2.45, 2.75) is 31.0 Å². The van der Waals surface area contributed by atoms with Crippen LogP contribution in [0.1, 0.15) is 25.0 Å². The molecule has 1 amide bonds. The standard InChI is InChI=1S/C23H24ClF3N4O3S/c1-15(2)21(29-19-8-7-17(13-18(19)24)23(25,26)27)22(32)30-9-11-31(12-10-30)35(33,34)20-6-4-3-5-16(20)14-28/h3-8,13,15,21,29H,9-12H2,1-2H3. The Morgan fingerprint density at radius 3 is 2.29 bits per heavy atom. The van der Waals surface area contributed by atoms with Gasteiger partial charge in [0.2, 0.25) is 15.9 Å². The van der Waals surface area contributed by atoms with Gasteiger partial charge in [-0.05, 0) is 36.2 Å². The highest BCUT2D eigenvalue weighted by atomic mass is 35.5. The van der Waals surface area contributed by atoms with Gasteiger partial charge in [0.05, 0.1) is 26.7 Å². The lowest BCUT2D eigenvalue weighted by Crippen LogP contribution is -2.54. The zero-order chi connectivity index (χ0) is 26.0. The molecular weight excluding hydrogens is 505 g/mol. The molecule has 1 fully saturated rings. The number of piperazine rings is 1. The van der Waals surface area contributed by atoms with Crippen molar-refractivity contribution in [3.05, 3.63) is 58.6 Å². The number of nitrogens with zero attached hydrogens (tertiary/aromatic N) is 3. The first-order valence-electron chi connectivity index (χ1n) is 10.8. The summed E-state index contributed by atoms with van der Waals surface area (Å²) in [7, 11) is -3.91. The van der Waals surface area contributed by atoms with E-state index in [9.17, 15) is 31.6 Å². The third-order valence-corrected chi connectivity index (χ3v) is 7.99. The van der Waals surface area contributed by atoms with Gasteiger partial charge in [-0.1, -0.05) is 37.6 Å². The summed E-state index contributed by atoms with van der Waals surface area (Å²) in [4.78, 5) is 14.7. The van der Waals surface area contributed by atoms with E-state index in [1.54, 1.807) is 26.0 Å². The largest absolute Gasteiger partial charge is 0.416 e. The molecule has 1 N–H and O–H groups in total. The zero-order valence-corrected chi connectivity index (χ0v) is 20.6. The van der Waals surface area contributed by atoms with Crippen LogP contribution >= 0.6 is 11.6 Å². The number of anilines is 1. The number of carbonyl (C=O) groups excluding carboxylic acids is 1. The molecule has 0 bridgehead atoms. The Morgan fingerprint density at radius 2 is 1.74 bits per heavy atom. The Hall–Kier alpha value is -2.81. The SMILES string of the molecule is CC(C)C(Nc1ccc(C(F)(F)F)cc1Cl)C(=O)N1CCN(S(=O)(=O)c2ccccc2C#N)CC1. The Labute approximate surface area is 207 Å². The number of carbonyl (C=O) groups is 1. The normalized spacial score (nSPS) is 16.1. The molecule has 12 heteroatoms. The van der Waals surface area contributed by atoms with Gasteiger partial charge in [-0.2, -0.15) is 22.7 Å². The van der Waals surface area contributed by atoms with Crippen molar-refractivity contribution in [3.63, 3.8) is 0 Å². The number of halogens is 4. The van der Waals surface area contributed by atoms with Crippen molar-refractivity contribution in [2.24, 2.45) is 5.92 Å². The van der Waals surface area contributed by atoms with E-state index in [1.807, 2.05) is 6.07 Å². The number of hydrogen-bond acceptors (Lipinski definition) is 5. The molecule has 1 atom stereocenters. The minimum atomic E-state index is -4.54. The number of nitriles is 1. The molecule has 35 heavy (non-hydrogen) atoms. The minimum Gasteiger partial charge on any atom is -0.372 e. The Morgan fingerprint density at radius 1 is 1.11 bits per heavy atom. The molecule has 0 radical (unpaired) electrons. The molecule has 188 valence electrons. The first-order valence-corrected chi connectivity index (χ1v) is 12.6. The quantitative estimate of drug-likeness (QED) is 0.606. The van der Waals surface area contributed by atoms with Gasteiger partial charge >= 0.3 is 6.18 Å². The summed E-state index contributed by atoms with van der Waals surface area (Å²) < 4.78 is 66.1. The van der Waals surface area contributed by atoms with Crippen LogP contribution in [0.3, 0.4) is 0 Å². The molecule has 2 aromatic rings. The van der Waals surface area contributed by atoms with Crippen LogP contribution in [0.15, 0.2) is 47.4 Å². The van der Waals surface area contributed by atoms with Crippen LogP contribution in [0, 0.1) is 17.2 Å². The molecule has 3 rings (SSSR count). The summed E-state index contributed by atoms with van der Waals surface area (Å²) in [6.07, 6.45) is -4.54. The second-order valence-electron chi connectivity index (χ2n) is 8.40. The molecule has 1 aliphatic rings. The third-order valence-electron chi connectivity index (χ3n) is 5.72. The van der Waals surface area contributed by atoms with Crippen molar-refractivity contribution in [1.82, 2.24) is 9.21 Å². The van der Waals surface area contributed by atoms with Crippen LogP contribution in [-0.4, -0.2) is 55.8 Å². The summed E-state index contributed by atoms with van der Waals surface area (Å²) in [6.45, 7) is 3.90. The van der Waals surface area contributed by atoms with Gasteiger partial charge in [0.25, 0.3) is 0 Å². The van der Waals surface area contributed by atoms with Crippen molar-refractivity contribution >= 4 is 33.2 Å². The van der Waals surface area contributed by atoms with Crippen molar-refractivity contribution in [3.8, 4) is 6.07 Å². The van der Waals surface area contributed by atoms with E-state index < -0.39 is 27.8 Å². The van der Waals surface area contributed by atoms with E-state index in [0.29, 0.717) is 0 Å². The first kappa shape index (κ1) is 26.8. The summed E-state index contributed by atoms with van der Waals surface area (Å²) in [5.74, 6) is -0.546. The van der Waals surface area contributed by atoms with E-state index in [2.05, 4.69) is 5.32 Å². The van der Waals surface area contributed by atoms with E-state index >= 15 is 0 Å². The topological polar surface area (TPSA) is 93.5 Å². The maximum Gasteiger partial charge on any atom is 0.416 e. The summed E-state index contributed by atoms with van der Waals surface area (Å²) in [5, 5.41) is 12.0. The molecule has 0 aromatic heterocycles. The van der Waals surface area contributed by atoms with Crippen molar-refractivity contribution in [2.75, 3.05) is 31.5 Å². The molecule has 0 saturated carbocycles. The highest BCUT2D eigenvalue weighted by molar-refractivity contribution is 7.89. The Balaban J connectivity index is 1.72. The van der Waals surface area contributed by atoms with Crippen molar-refractivity contribution < 1.29 is 26.4 Å². The lowest BCUT2D eigenvalue weighted by molar-refractivity contribution is -0.137. The average molecular weight is 529 g/mol. The molecule has 2 aromatic carbocycles. The molecule has 1 aliphatic heterocycles. The number of alkyl halides is 3. The van der Waals surface area contributed by atoms with Gasteiger partial charge < -0.3 is 10.2 Å². The molecule has 1 unspecified atom stereocenters. The van der Waals surface area contributed by atoms with E-state index in [0.717, 1.165) is 12.1 Å². The Bertz CT molecular complexity index is 1240. The number of rotatable bonds is 6. The maximum absolute atomic E-state index is 13.2. The predicted octanol–water partition coefficient (Wildman–Crippen LogP) is 4.20. The van der Waals surface area contributed by atoms with E-state index in [4.69, 9.17) is 11.6 Å². The highest BCUT2D eigenvalue weighted by Crippen LogP contribution is 2.34. The minimum absolute atomic E-state index is 0.0414. The molecule has 0 aliphatic carbocycles. The van der Waals surface area contributed by atoms with Gasteiger partial charge in [0.15, 0.2) is 0 Å². The van der Waals surface area contributed by atoms with Crippen LogP contribution in [0.2, 0.25) is 5.02 Å². The van der Waals surface area contributed by atoms with Crippen LogP contribution in [0.25, 0.3) is 0 Å². The van der Waals surface area contributed by atoms with Gasteiger partial charge in [0.1, 0.15) is 12.1 Å². The molecule has 1 heterocycles. The summed E-state index contributed by atoms with van der Waals surface area (Å²) >= 11 is 6.04. The number of amides is 1. The van der Waals surface area contributed by atoms with Crippen LogP contribution in [-0.2, 0) is 21.0 Å². The first-order chi connectivity index (χ1) is 16.4. The number of hydrogen-bond donors (Lipinski definition) is 1. The third kappa shape index (κ3) is 5.89. The van der Waals surface area contributed by atoms with Crippen molar-refractivity contribution in [1.29, 1.82) is 5.26 Å². The van der Waals surface area contributed by atoms with E-state index in [-0.39, 0.29) is 59.2 Å².